The van der Waals surface area contributed by atoms with Gasteiger partial charge in [0.25, 0.3) is 28.9 Å². The van der Waals surface area contributed by atoms with Crippen LogP contribution in [0.2, 0.25) is 0 Å². The van der Waals surface area contributed by atoms with Crippen LogP contribution in [0.1, 0.15) is 31.9 Å². The Morgan fingerprint density at radius 2 is 0.864 bits per heavy atom. The van der Waals surface area contributed by atoms with Gasteiger partial charge in [0.1, 0.15) is 49.3 Å². The average Bonchev–Trinajstić information content (AvgIpc) is 1.57. The summed E-state index contributed by atoms with van der Waals surface area (Å²) in [4.78, 5) is 22.5. The molecular formula is C82H60N19OS+5. The summed E-state index contributed by atoms with van der Waals surface area (Å²) in [6, 6.07) is 65.1. The highest BCUT2D eigenvalue weighted by atomic mass is 32.1. The molecular weight excluding hydrogens is 1300 g/mol. The normalized spacial score (nSPS) is 13.5. The molecule has 5 aliphatic heterocycles. The first-order chi connectivity index (χ1) is 52.1. The predicted octanol–water partition coefficient (Wildman–Crippen LogP) is 12.5. The van der Waals surface area contributed by atoms with Crippen LogP contribution in [-0.4, -0.2) is 65.8 Å². The molecule has 490 valence electrons. The van der Waals surface area contributed by atoms with Gasteiger partial charge in [-0.25, -0.2) is 22.8 Å². The number of pyridine rings is 4. The van der Waals surface area contributed by atoms with Crippen molar-refractivity contribution in [1.82, 2.24) is 65.8 Å². The molecule has 103 heavy (non-hydrogen) atoms. The van der Waals surface area contributed by atoms with Crippen molar-refractivity contribution in [2.45, 2.75) is 32.7 Å². The van der Waals surface area contributed by atoms with Crippen LogP contribution in [0, 0.1) is 0 Å². The van der Waals surface area contributed by atoms with Gasteiger partial charge < -0.3 is 13.6 Å². The molecule has 0 spiro atoms. The molecule has 0 bridgehead atoms. The quantitative estimate of drug-likeness (QED) is 0.149. The van der Waals surface area contributed by atoms with Gasteiger partial charge in [-0.1, -0.05) is 130 Å². The number of fused-ring (bicyclic) bond motifs is 35. The number of aryl methyl sites for hydroxylation is 2. The van der Waals surface area contributed by atoms with E-state index in [2.05, 4.69) is 246 Å². The van der Waals surface area contributed by atoms with E-state index in [-0.39, 0.29) is 0 Å². The number of thiazole rings is 1. The fraction of sp³-hybridized carbons (Fsp3) is 0.0854. The van der Waals surface area contributed by atoms with Gasteiger partial charge in [-0.15, -0.1) is 0 Å². The highest BCUT2D eigenvalue weighted by Crippen LogP contribution is 2.39. The summed E-state index contributed by atoms with van der Waals surface area (Å²) in [7, 11) is 2.10. The molecule has 0 aliphatic carbocycles. The van der Waals surface area contributed by atoms with E-state index >= 15 is 0 Å². The number of rotatable bonds is 1. The molecule has 21 heteroatoms. The summed E-state index contributed by atoms with van der Waals surface area (Å²) in [6.45, 7) is 2.22. The van der Waals surface area contributed by atoms with Crippen molar-refractivity contribution in [3.63, 3.8) is 0 Å². The molecule has 0 saturated heterocycles. The predicted molar refractivity (Wildman–Crippen MR) is 392 cm³/mol. The lowest BCUT2D eigenvalue weighted by Crippen LogP contribution is -2.31. The first kappa shape index (κ1) is 54.4. The molecule has 0 amide bonds. The number of aromatic nitrogens is 19. The zero-order valence-electron chi connectivity index (χ0n) is 58.3. The van der Waals surface area contributed by atoms with Crippen LogP contribution in [-0.2, 0) is 46.7 Å². The van der Waals surface area contributed by atoms with Gasteiger partial charge in [0.05, 0.1) is 53.2 Å². The molecule has 0 saturated carbocycles. The fourth-order valence-corrected chi connectivity index (χ4v) is 17.6. The molecule has 0 radical (unpaired) electrons. The minimum absolute atomic E-state index is 0.621. The molecule has 0 fully saturated rings. The van der Waals surface area contributed by atoms with Gasteiger partial charge in [0.2, 0.25) is 21.8 Å². The highest BCUT2D eigenvalue weighted by molar-refractivity contribution is 7.20. The molecule has 0 atom stereocenters. The first-order valence-electron chi connectivity index (χ1n) is 35.7. The molecule has 0 unspecified atom stereocenters. The van der Waals surface area contributed by atoms with E-state index in [0.29, 0.717) is 11.2 Å². The Morgan fingerprint density at radius 1 is 0.408 bits per heavy atom. The molecule has 0 N–H and O–H groups in total. The van der Waals surface area contributed by atoms with Crippen molar-refractivity contribution >= 4 is 94.3 Å². The van der Waals surface area contributed by atoms with Crippen LogP contribution in [0.4, 0.5) is 0 Å². The fourth-order valence-electron chi connectivity index (χ4n) is 16.4. The zero-order valence-corrected chi connectivity index (χ0v) is 56.1. The molecule has 6 aromatic carbocycles. The van der Waals surface area contributed by atoms with E-state index in [1.165, 1.54) is 99.4 Å². The minimum Gasteiger partial charge on any atom is -0.414 e. The molecule has 15 aromatic heterocycles. The van der Waals surface area contributed by atoms with Crippen LogP contribution in [0.5, 0.6) is 0 Å². The van der Waals surface area contributed by atoms with Gasteiger partial charge in [0, 0.05) is 112 Å². The third kappa shape index (κ3) is 8.41. The Kier molecular flexibility index (Phi) is 11.6. The third-order valence-corrected chi connectivity index (χ3v) is 22.0. The number of imidazole rings is 8. The van der Waals surface area contributed by atoms with Gasteiger partial charge >= 0.3 is 11.4 Å². The van der Waals surface area contributed by atoms with Crippen molar-refractivity contribution in [2.75, 3.05) is 0 Å². The van der Waals surface area contributed by atoms with E-state index in [0.717, 1.165) is 99.3 Å². The maximum atomic E-state index is 7.90. The number of hydrogen-bond donors (Lipinski definition) is 0. The maximum absolute atomic E-state index is 7.90. The summed E-state index contributed by atoms with van der Waals surface area (Å²) >= 11 is 1.75. The van der Waals surface area contributed by atoms with Crippen LogP contribution in [0.25, 0.3) is 145 Å². The summed E-state index contributed by atoms with van der Waals surface area (Å²) in [5, 5.41) is 5.71. The van der Waals surface area contributed by atoms with Crippen molar-refractivity contribution < 1.29 is 31.4 Å². The van der Waals surface area contributed by atoms with Crippen LogP contribution < -0.4 is 22.8 Å². The number of para-hydroxylation sites is 1. The Bertz CT molecular complexity index is 7240. The molecule has 26 rings (SSSR count). The lowest BCUT2D eigenvalue weighted by molar-refractivity contribution is -0.670. The second-order valence-corrected chi connectivity index (χ2v) is 27.5. The van der Waals surface area contributed by atoms with Crippen LogP contribution in [0.15, 0.2) is 273 Å². The summed E-state index contributed by atoms with van der Waals surface area (Å²) in [5.74, 6) is 4.73. The second-order valence-electron chi connectivity index (χ2n) is 26.5. The molecule has 21 aromatic rings. The van der Waals surface area contributed by atoms with Crippen molar-refractivity contribution in [1.29, 1.82) is 0 Å². The van der Waals surface area contributed by atoms with E-state index < -0.39 is 6.98 Å². The summed E-state index contributed by atoms with van der Waals surface area (Å²) < 4.78 is 57.6. The van der Waals surface area contributed by atoms with Gasteiger partial charge in [-0.05, 0) is 48.5 Å². The Labute approximate surface area is 593 Å². The Hall–Kier alpha value is -13.5. The standard InChI is InChI=1S/C21H15N4.2C16H13N4.C15H10N3O.C14H9N4S/c1-2-7-16(8-3-1)24-19-12-22-11-10-18(19)25-20(24)14-23-13-15-6-4-5-9-17(15)21(23)25;2*1-18-14-8-17-7-6-13(14)20-15(18)10-19-9-11-4-2-3-5-12(11)16(19)20;1-2-4-11-10(3-1)8-17-9-14-18(15(11)17)12-5-6-16-7-13(12)19-14;1-2-5-10-9(4-1)8-17-13-12(19-14(10)17)16-11-6-3-7-15-18(11)13/h1-12,14H,13H2;2*2-8,10H,9H2,1H3;1-7,9H,8H2;1-7H,8H2/q5*+1/i;1D3;;;. The second kappa shape index (κ2) is 22.0. The Balaban J connectivity index is 0.0000000830. The number of oxazole rings is 1. The topological polar surface area (TPSA) is 147 Å². The lowest BCUT2D eigenvalue weighted by atomic mass is 10.1. The molecule has 20 heterocycles. The summed E-state index contributed by atoms with van der Waals surface area (Å²) in [5.41, 5.74) is 28.3. The van der Waals surface area contributed by atoms with E-state index in [4.69, 9.17) is 8.53 Å². The van der Waals surface area contributed by atoms with Crippen LogP contribution in [0.3, 0.4) is 0 Å². The van der Waals surface area contributed by atoms with Crippen LogP contribution >= 0.6 is 11.3 Å². The largest absolute Gasteiger partial charge is 0.414 e. The SMILES string of the molecule is Cn1c2cnccc2n2c3[n+](cc12)Cc1ccccc1-3.[2H]C([2H])([2H])n1c2cnccc2n2c3[n+](cc12)Cc1ccccc1-3.c1ccc(-n2c3cnccc3n3c4[n+](cc23)Cc2ccccc2-4)cc1.c1ccc2c(c1)C[n+]1c-2sc2nc3cccnn3c21.c1ccc2c(c1)C[n+]1cc3oc4cnccc4n3c1-2. The number of hydrogen-bond acceptors (Lipinski definition) is 8. The van der Waals surface area contributed by atoms with Crippen molar-refractivity contribution in [2.24, 2.45) is 14.0 Å². The smallest absolute Gasteiger partial charge is 0.347 e. The molecule has 20 nitrogen and oxygen atoms in total. The van der Waals surface area contributed by atoms with Gasteiger partial charge in [0.15, 0.2) is 57.4 Å². The molecule has 5 aliphatic rings. The lowest BCUT2D eigenvalue weighted by Gasteiger charge is -2.02. The average molecular weight is 1360 g/mol. The third-order valence-electron chi connectivity index (χ3n) is 20.9. The van der Waals surface area contributed by atoms with Crippen molar-refractivity contribution in [3.8, 4) is 61.8 Å². The summed E-state index contributed by atoms with van der Waals surface area (Å²) in [6.07, 6.45) is 24.8. The van der Waals surface area contributed by atoms with E-state index in [1.54, 1.807) is 42.3 Å². The van der Waals surface area contributed by atoms with Gasteiger partial charge in [-0.3, -0.25) is 24.5 Å². The highest BCUT2D eigenvalue weighted by Gasteiger charge is 2.38. The first-order valence-corrected chi connectivity index (χ1v) is 35.0. The monoisotopic (exact) mass is 1360 g/mol. The minimum atomic E-state index is -2.25. The zero-order chi connectivity index (χ0) is 70.2. The van der Waals surface area contributed by atoms with Gasteiger partial charge in [-0.2, -0.15) is 22.6 Å². The number of benzene rings is 6. The Morgan fingerprint density at radius 3 is 1.45 bits per heavy atom. The van der Waals surface area contributed by atoms with E-state index in [9.17, 15) is 0 Å². The van der Waals surface area contributed by atoms with E-state index in [1.807, 2.05) is 82.4 Å². The number of nitrogens with zero attached hydrogens (tertiary/aromatic N) is 19. The van der Waals surface area contributed by atoms with Crippen molar-refractivity contribution in [3.05, 3.63) is 296 Å². The maximum Gasteiger partial charge on any atom is 0.347 e.